The van der Waals surface area contributed by atoms with Gasteiger partial charge in [0.2, 0.25) is 0 Å². The van der Waals surface area contributed by atoms with Crippen molar-refractivity contribution in [1.82, 2.24) is 24.4 Å². The molecule has 0 aliphatic carbocycles. The van der Waals surface area contributed by atoms with Gasteiger partial charge in [0.25, 0.3) is 5.91 Å². The third-order valence-corrected chi connectivity index (χ3v) is 4.51. The largest absolute Gasteiger partial charge is 0.476 e. The third-order valence-electron chi connectivity index (χ3n) is 4.51. The molecule has 1 unspecified atom stereocenters. The van der Waals surface area contributed by atoms with Crippen LogP contribution in [0.2, 0.25) is 0 Å². The Kier molecular flexibility index (Phi) is 4.73. The van der Waals surface area contributed by atoms with Gasteiger partial charge in [0, 0.05) is 38.0 Å². The van der Waals surface area contributed by atoms with Crippen molar-refractivity contribution in [1.29, 1.82) is 0 Å². The Balaban J connectivity index is 1.85. The molecule has 1 amide bonds. The van der Waals surface area contributed by atoms with Crippen LogP contribution in [0.1, 0.15) is 46.7 Å². The molecule has 1 saturated heterocycles. The summed E-state index contributed by atoms with van der Waals surface area (Å²) < 4.78 is 7.11. The number of aromatic nitrogens is 4. The highest BCUT2D eigenvalue weighted by Gasteiger charge is 2.51. The van der Waals surface area contributed by atoms with Gasteiger partial charge in [-0.1, -0.05) is 13.8 Å². The number of carbonyl (C=O) groups excluding carboxylic acids is 1. The van der Waals surface area contributed by atoms with Crippen molar-refractivity contribution in [2.75, 3.05) is 20.3 Å². The molecule has 1 aliphatic rings. The number of likely N-dealkylation sites (tertiary alicyclic amines) is 1. The van der Waals surface area contributed by atoms with Gasteiger partial charge in [0.1, 0.15) is 11.5 Å². The number of aromatic carboxylic acids is 1. The number of hydrogen-bond donors (Lipinski definition) is 1. The summed E-state index contributed by atoms with van der Waals surface area (Å²) in [5.74, 6) is -0.679. The van der Waals surface area contributed by atoms with E-state index in [0.717, 1.165) is 12.0 Å². The maximum Gasteiger partial charge on any atom is 0.356 e. The lowest BCUT2D eigenvalue weighted by molar-refractivity contribution is -0.0386. The minimum Gasteiger partial charge on any atom is -0.476 e. The second-order valence-electron chi connectivity index (χ2n) is 6.89. The molecule has 9 heteroatoms. The van der Waals surface area contributed by atoms with Crippen molar-refractivity contribution in [2.24, 2.45) is 5.41 Å². The van der Waals surface area contributed by atoms with Crippen LogP contribution in [0, 0.1) is 5.41 Å². The van der Waals surface area contributed by atoms with Crippen LogP contribution in [0.15, 0.2) is 24.8 Å². The molecule has 1 atom stereocenters. The summed E-state index contributed by atoms with van der Waals surface area (Å²) in [5.41, 5.74) is -0.220. The van der Waals surface area contributed by atoms with Crippen molar-refractivity contribution in [2.45, 2.75) is 26.4 Å². The SMILES string of the molecule is COCCn1ccnc1C1N(C(=O)c2cnc(C(=O)O)cn2)CC1(C)C. The Bertz CT molecular complexity index is 815. The van der Waals surface area contributed by atoms with E-state index in [0.29, 0.717) is 19.7 Å². The van der Waals surface area contributed by atoms with Crippen molar-refractivity contribution >= 4 is 11.9 Å². The van der Waals surface area contributed by atoms with E-state index < -0.39 is 5.97 Å². The fraction of sp³-hybridized carbons (Fsp3) is 0.471. The monoisotopic (exact) mass is 359 g/mol. The van der Waals surface area contributed by atoms with Crippen LogP contribution in [-0.4, -0.2) is 61.7 Å². The molecule has 26 heavy (non-hydrogen) atoms. The summed E-state index contributed by atoms with van der Waals surface area (Å²) in [5, 5.41) is 8.90. The number of carboxylic acids is 1. The molecule has 138 valence electrons. The molecule has 0 bridgehead atoms. The Hall–Kier alpha value is -2.81. The summed E-state index contributed by atoms with van der Waals surface area (Å²) >= 11 is 0. The highest BCUT2D eigenvalue weighted by molar-refractivity contribution is 5.93. The Morgan fingerprint density at radius 1 is 1.27 bits per heavy atom. The van der Waals surface area contributed by atoms with Gasteiger partial charge in [0.15, 0.2) is 5.69 Å². The first-order chi connectivity index (χ1) is 12.3. The standard InChI is InChI=1S/C17H21N5O4/c1-17(2)10-22(13(17)14-18-4-5-21(14)6-7-26-3)15(23)11-8-20-12(9-19-11)16(24)25/h4-5,8-9,13H,6-7,10H2,1-3H3,(H,24,25). The van der Waals surface area contributed by atoms with E-state index in [1.165, 1.54) is 6.20 Å². The first-order valence-corrected chi connectivity index (χ1v) is 8.21. The lowest BCUT2D eigenvalue weighted by atomic mass is 9.74. The van der Waals surface area contributed by atoms with Crippen molar-refractivity contribution in [3.05, 3.63) is 42.0 Å². The smallest absolute Gasteiger partial charge is 0.356 e. The third kappa shape index (κ3) is 3.17. The number of hydrogen-bond acceptors (Lipinski definition) is 6. The lowest BCUT2D eigenvalue weighted by Gasteiger charge is -2.53. The summed E-state index contributed by atoms with van der Waals surface area (Å²) in [7, 11) is 1.64. The van der Waals surface area contributed by atoms with Gasteiger partial charge in [-0.05, 0) is 0 Å². The minimum absolute atomic E-state index is 0.116. The molecule has 2 aromatic rings. The first-order valence-electron chi connectivity index (χ1n) is 8.21. The lowest BCUT2D eigenvalue weighted by Crippen LogP contribution is -2.58. The average molecular weight is 359 g/mol. The van der Waals surface area contributed by atoms with Gasteiger partial charge >= 0.3 is 5.97 Å². The average Bonchev–Trinajstić information content (AvgIpc) is 3.05. The summed E-state index contributed by atoms with van der Waals surface area (Å²) in [6.45, 7) is 5.90. The molecule has 9 nitrogen and oxygen atoms in total. The van der Waals surface area contributed by atoms with Crippen molar-refractivity contribution in [3.8, 4) is 0 Å². The Morgan fingerprint density at radius 3 is 2.54 bits per heavy atom. The number of rotatable bonds is 6. The van der Waals surface area contributed by atoms with Crippen LogP contribution < -0.4 is 0 Å². The van der Waals surface area contributed by atoms with Crippen molar-refractivity contribution < 1.29 is 19.4 Å². The first kappa shape index (κ1) is 18.0. The van der Waals surface area contributed by atoms with Gasteiger partial charge in [-0.25, -0.2) is 19.7 Å². The predicted octanol–water partition coefficient (Wildman–Crippen LogP) is 1.24. The fourth-order valence-corrected chi connectivity index (χ4v) is 3.25. The number of carboxylic acid groups (broad SMARTS) is 1. The number of carbonyl (C=O) groups is 2. The van der Waals surface area contributed by atoms with E-state index in [9.17, 15) is 9.59 Å². The number of imidazole rings is 1. The van der Waals surface area contributed by atoms with Gasteiger partial charge < -0.3 is 19.3 Å². The molecule has 3 rings (SSSR count). The van der Waals surface area contributed by atoms with Crippen LogP contribution in [0.3, 0.4) is 0 Å². The molecular weight excluding hydrogens is 338 g/mol. The van der Waals surface area contributed by atoms with Gasteiger partial charge in [-0.15, -0.1) is 0 Å². The molecule has 1 N–H and O–H groups in total. The second kappa shape index (κ2) is 6.83. The molecule has 0 saturated carbocycles. The van der Waals surface area contributed by atoms with Gasteiger partial charge in [0.05, 0.1) is 25.0 Å². The zero-order chi connectivity index (χ0) is 18.9. The highest BCUT2D eigenvalue weighted by atomic mass is 16.5. The molecular formula is C17H21N5O4. The van der Waals surface area contributed by atoms with Crippen LogP contribution in [-0.2, 0) is 11.3 Å². The van der Waals surface area contributed by atoms with Gasteiger partial charge in [-0.2, -0.15) is 0 Å². The molecule has 1 fully saturated rings. The highest BCUT2D eigenvalue weighted by Crippen LogP contribution is 2.48. The Labute approximate surface area is 150 Å². The number of nitrogens with zero attached hydrogens (tertiary/aromatic N) is 5. The van der Waals surface area contributed by atoms with Crippen LogP contribution in [0.4, 0.5) is 0 Å². The van der Waals surface area contributed by atoms with E-state index in [4.69, 9.17) is 9.84 Å². The fourth-order valence-electron chi connectivity index (χ4n) is 3.25. The number of methoxy groups -OCH3 is 1. The molecule has 3 heterocycles. The maximum absolute atomic E-state index is 12.8. The molecule has 0 spiro atoms. The van der Waals surface area contributed by atoms with E-state index in [-0.39, 0.29) is 28.8 Å². The maximum atomic E-state index is 12.8. The zero-order valence-corrected chi connectivity index (χ0v) is 14.9. The topological polar surface area (TPSA) is 110 Å². The zero-order valence-electron chi connectivity index (χ0n) is 14.9. The van der Waals surface area contributed by atoms with E-state index >= 15 is 0 Å². The minimum atomic E-state index is -1.18. The predicted molar refractivity (Wildman–Crippen MR) is 90.7 cm³/mol. The van der Waals surface area contributed by atoms with Crippen molar-refractivity contribution in [3.63, 3.8) is 0 Å². The normalized spacial score (nSPS) is 18.4. The molecule has 2 aromatic heterocycles. The summed E-state index contributed by atoms with van der Waals surface area (Å²) in [4.78, 5) is 37.6. The van der Waals surface area contributed by atoms with E-state index in [1.54, 1.807) is 18.2 Å². The Morgan fingerprint density at radius 2 is 1.96 bits per heavy atom. The molecule has 0 aromatic carbocycles. The van der Waals surface area contributed by atoms with E-state index in [1.807, 2.05) is 10.8 Å². The van der Waals surface area contributed by atoms with Crippen LogP contribution >= 0.6 is 0 Å². The quantitative estimate of drug-likeness (QED) is 0.826. The molecule has 0 radical (unpaired) electrons. The number of amides is 1. The van der Waals surface area contributed by atoms with Gasteiger partial charge in [-0.3, -0.25) is 4.79 Å². The summed E-state index contributed by atoms with van der Waals surface area (Å²) in [6.07, 6.45) is 5.87. The number of ether oxygens (including phenoxy) is 1. The van der Waals surface area contributed by atoms with Crippen LogP contribution in [0.25, 0.3) is 0 Å². The summed E-state index contributed by atoms with van der Waals surface area (Å²) in [6, 6.07) is -0.206. The second-order valence-corrected chi connectivity index (χ2v) is 6.89. The molecule has 1 aliphatic heterocycles. The van der Waals surface area contributed by atoms with E-state index in [2.05, 4.69) is 28.8 Å². The van der Waals surface area contributed by atoms with Crippen LogP contribution in [0.5, 0.6) is 0 Å².